The molecule has 3 aromatic rings. The molecule has 1 unspecified atom stereocenters. The molecular weight excluding hydrogens is 324 g/mol. The van der Waals surface area contributed by atoms with E-state index >= 15 is 0 Å². The molecule has 1 atom stereocenters. The van der Waals surface area contributed by atoms with Crippen LogP contribution >= 0.6 is 0 Å². The fraction of sp³-hybridized carbons (Fsp3) is 0.185. The Morgan fingerprint density at radius 1 is 0.815 bits per heavy atom. The molecule has 3 aromatic carbocycles. The highest BCUT2D eigenvalue weighted by Gasteiger charge is 2.14. The zero-order chi connectivity index (χ0) is 18.6. The van der Waals surface area contributed by atoms with Gasteiger partial charge in [-0.2, -0.15) is 0 Å². The van der Waals surface area contributed by atoms with Crippen molar-refractivity contribution in [3.05, 3.63) is 113 Å². The minimum absolute atomic E-state index is 0.431. The molecule has 0 saturated heterocycles. The van der Waals surface area contributed by atoms with Gasteiger partial charge in [0.2, 0.25) is 0 Å². The fourth-order valence-electron chi connectivity index (χ4n) is 3.81. The molecule has 0 aliphatic heterocycles. The molecule has 0 N–H and O–H groups in total. The molecule has 0 saturated carbocycles. The highest BCUT2D eigenvalue weighted by atomic mass is 14.2. The number of rotatable bonds is 4. The first-order chi connectivity index (χ1) is 13.2. The zero-order valence-electron chi connectivity index (χ0n) is 16.2. The van der Waals surface area contributed by atoms with E-state index in [1.807, 2.05) is 0 Å². The second kappa shape index (κ2) is 7.80. The van der Waals surface area contributed by atoms with Crippen LogP contribution in [0.3, 0.4) is 0 Å². The minimum atomic E-state index is 0.431. The van der Waals surface area contributed by atoms with Crippen LogP contribution in [0.4, 0.5) is 0 Å². The molecule has 0 heterocycles. The first-order valence-corrected chi connectivity index (χ1v) is 9.87. The van der Waals surface area contributed by atoms with Gasteiger partial charge in [0.1, 0.15) is 0 Å². The standard InChI is InChI=1S/C27H26/c1-3-21-13-15-22(16-14-21)24-9-5-11-26(18-24)27-12-6-10-25(19-27)23-8-4-7-20(2)17-23/h4-11,13-19,27H,3,12H2,1-2H3. The van der Waals surface area contributed by atoms with Crippen molar-refractivity contribution in [2.75, 3.05) is 0 Å². The van der Waals surface area contributed by atoms with Crippen LogP contribution in [0.5, 0.6) is 0 Å². The molecule has 1 aliphatic rings. The van der Waals surface area contributed by atoms with Gasteiger partial charge < -0.3 is 0 Å². The van der Waals surface area contributed by atoms with Gasteiger partial charge in [-0.15, -0.1) is 0 Å². The van der Waals surface area contributed by atoms with E-state index in [4.69, 9.17) is 0 Å². The second-order valence-electron chi connectivity index (χ2n) is 7.41. The number of hydrogen-bond donors (Lipinski definition) is 0. The molecule has 0 nitrogen and oxygen atoms in total. The van der Waals surface area contributed by atoms with Crippen molar-refractivity contribution in [2.45, 2.75) is 32.6 Å². The van der Waals surface area contributed by atoms with E-state index in [1.54, 1.807) is 0 Å². The zero-order valence-corrected chi connectivity index (χ0v) is 16.2. The van der Waals surface area contributed by atoms with Crippen LogP contribution in [0.15, 0.2) is 91.0 Å². The Kier molecular flexibility index (Phi) is 5.07. The van der Waals surface area contributed by atoms with Gasteiger partial charge in [-0.05, 0) is 53.2 Å². The maximum Gasteiger partial charge on any atom is 0.00620 e. The summed E-state index contributed by atoms with van der Waals surface area (Å²) in [6, 6.07) is 26.8. The third-order valence-electron chi connectivity index (χ3n) is 5.43. The lowest BCUT2D eigenvalue weighted by Gasteiger charge is -2.19. The third-order valence-corrected chi connectivity index (χ3v) is 5.43. The van der Waals surface area contributed by atoms with Gasteiger partial charge in [-0.3, -0.25) is 0 Å². The summed E-state index contributed by atoms with van der Waals surface area (Å²) in [7, 11) is 0. The Balaban J connectivity index is 1.64. The lowest BCUT2D eigenvalue weighted by atomic mass is 9.86. The second-order valence-corrected chi connectivity index (χ2v) is 7.41. The SMILES string of the molecule is CCc1ccc(-c2cccc(C3C=C(c4cccc(C)c4)C=CC3)c2)cc1. The number of allylic oxidation sites excluding steroid dienone is 4. The Bertz CT molecular complexity index is 987. The van der Waals surface area contributed by atoms with Gasteiger partial charge in [0.15, 0.2) is 0 Å². The van der Waals surface area contributed by atoms with Crippen LogP contribution in [0.1, 0.15) is 41.5 Å². The topological polar surface area (TPSA) is 0 Å². The molecule has 0 heteroatoms. The lowest BCUT2D eigenvalue weighted by molar-refractivity contribution is 0.857. The van der Waals surface area contributed by atoms with Crippen LogP contribution in [0, 0.1) is 6.92 Å². The molecule has 0 fully saturated rings. The van der Waals surface area contributed by atoms with Gasteiger partial charge in [0.25, 0.3) is 0 Å². The van der Waals surface area contributed by atoms with Crippen LogP contribution < -0.4 is 0 Å². The van der Waals surface area contributed by atoms with E-state index in [2.05, 4.69) is 105 Å². The maximum atomic E-state index is 2.42. The molecule has 0 radical (unpaired) electrons. The Morgan fingerprint density at radius 2 is 1.59 bits per heavy atom. The van der Waals surface area contributed by atoms with Crippen molar-refractivity contribution in [2.24, 2.45) is 0 Å². The van der Waals surface area contributed by atoms with Crippen LogP contribution in [-0.2, 0) is 6.42 Å². The van der Waals surface area contributed by atoms with Crippen LogP contribution in [-0.4, -0.2) is 0 Å². The van der Waals surface area contributed by atoms with Gasteiger partial charge in [0, 0.05) is 5.92 Å². The monoisotopic (exact) mass is 350 g/mol. The normalized spacial score (nSPS) is 16.2. The summed E-state index contributed by atoms with van der Waals surface area (Å²) < 4.78 is 0. The average Bonchev–Trinajstić information content (AvgIpc) is 2.74. The van der Waals surface area contributed by atoms with E-state index in [9.17, 15) is 0 Å². The van der Waals surface area contributed by atoms with Crippen molar-refractivity contribution in [3.63, 3.8) is 0 Å². The van der Waals surface area contributed by atoms with Crippen LogP contribution in [0.25, 0.3) is 16.7 Å². The highest BCUT2D eigenvalue weighted by Crippen LogP contribution is 2.33. The first-order valence-electron chi connectivity index (χ1n) is 9.87. The van der Waals surface area contributed by atoms with Gasteiger partial charge in [0.05, 0.1) is 0 Å². The van der Waals surface area contributed by atoms with Crippen molar-refractivity contribution in [1.29, 1.82) is 0 Å². The summed E-state index contributed by atoms with van der Waals surface area (Å²) in [5.41, 5.74) is 9.31. The Labute approximate surface area is 162 Å². The van der Waals surface area contributed by atoms with E-state index in [0.717, 1.165) is 12.8 Å². The molecule has 0 bridgehead atoms. The molecule has 0 aromatic heterocycles. The van der Waals surface area contributed by atoms with E-state index in [1.165, 1.54) is 39.0 Å². The Morgan fingerprint density at radius 3 is 2.37 bits per heavy atom. The first kappa shape index (κ1) is 17.5. The van der Waals surface area contributed by atoms with E-state index < -0.39 is 0 Å². The Hall–Kier alpha value is -2.86. The van der Waals surface area contributed by atoms with Crippen molar-refractivity contribution in [3.8, 4) is 11.1 Å². The summed E-state index contributed by atoms with van der Waals surface area (Å²) in [6.07, 6.45) is 9.15. The summed E-state index contributed by atoms with van der Waals surface area (Å²) in [6.45, 7) is 4.35. The number of aryl methyl sites for hydroxylation is 2. The van der Waals surface area contributed by atoms with Gasteiger partial charge >= 0.3 is 0 Å². The van der Waals surface area contributed by atoms with Crippen molar-refractivity contribution < 1.29 is 0 Å². The number of hydrogen-bond acceptors (Lipinski definition) is 0. The minimum Gasteiger partial charge on any atom is -0.0830 e. The molecule has 0 amide bonds. The predicted octanol–water partition coefficient (Wildman–Crippen LogP) is 7.35. The fourth-order valence-corrected chi connectivity index (χ4v) is 3.81. The van der Waals surface area contributed by atoms with Gasteiger partial charge in [-0.1, -0.05) is 104 Å². The summed E-state index contributed by atoms with van der Waals surface area (Å²) in [4.78, 5) is 0. The summed E-state index contributed by atoms with van der Waals surface area (Å²) in [5.74, 6) is 0.431. The molecule has 27 heavy (non-hydrogen) atoms. The average molecular weight is 351 g/mol. The number of benzene rings is 3. The van der Waals surface area contributed by atoms with Crippen LogP contribution in [0.2, 0.25) is 0 Å². The van der Waals surface area contributed by atoms with E-state index in [-0.39, 0.29) is 0 Å². The summed E-state index contributed by atoms with van der Waals surface area (Å²) >= 11 is 0. The lowest BCUT2D eigenvalue weighted by Crippen LogP contribution is -1.99. The van der Waals surface area contributed by atoms with Crippen molar-refractivity contribution in [1.82, 2.24) is 0 Å². The molecule has 134 valence electrons. The molecule has 0 spiro atoms. The van der Waals surface area contributed by atoms with Gasteiger partial charge in [-0.25, -0.2) is 0 Å². The predicted molar refractivity (Wildman–Crippen MR) is 117 cm³/mol. The molecule has 4 rings (SSSR count). The third kappa shape index (κ3) is 3.95. The maximum absolute atomic E-state index is 2.42. The quantitative estimate of drug-likeness (QED) is 0.461. The summed E-state index contributed by atoms with van der Waals surface area (Å²) in [5, 5.41) is 0. The van der Waals surface area contributed by atoms with Crippen molar-refractivity contribution >= 4 is 5.57 Å². The molecule has 1 aliphatic carbocycles. The smallest absolute Gasteiger partial charge is 0.00620 e. The van der Waals surface area contributed by atoms with E-state index in [0.29, 0.717) is 5.92 Å². The largest absolute Gasteiger partial charge is 0.0830 e. The molecular formula is C27H26. The highest BCUT2D eigenvalue weighted by molar-refractivity contribution is 5.76.